The molecule has 0 aromatic rings. The summed E-state index contributed by atoms with van der Waals surface area (Å²) in [4.78, 5) is 0. The van der Waals surface area contributed by atoms with Gasteiger partial charge < -0.3 is 0 Å². The highest BCUT2D eigenvalue weighted by Gasteiger charge is 2.13. The lowest BCUT2D eigenvalue weighted by Gasteiger charge is -2.22. The van der Waals surface area contributed by atoms with Crippen molar-refractivity contribution in [3.05, 3.63) is 0 Å². The molecule has 11 heavy (non-hydrogen) atoms. The van der Waals surface area contributed by atoms with Crippen LogP contribution < -0.4 is 0 Å². The molecule has 1 rings (SSSR count). The molecule has 0 N–H and O–H groups in total. The Bertz CT molecular complexity index is 67.4. The van der Waals surface area contributed by atoms with E-state index in [2.05, 4.69) is 27.7 Å². The highest BCUT2D eigenvalue weighted by Crippen LogP contribution is 2.28. The Labute approximate surface area is 72.4 Å². The summed E-state index contributed by atoms with van der Waals surface area (Å²) in [5.74, 6) is 2.00. The number of hydrogen-bond donors (Lipinski definition) is 0. The van der Waals surface area contributed by atoms with Crippen LogP contribution in [0, 0.1) is 11.8 Å². The highest BCUT2D eigenvalue weighted by molar-refractivity contribution is 4.66. The molecule has 0 aliphatic heterocycles. The Balaban J connectivity index is 0.000000187. The summed E-state index contributed by atoms with van der Waals surface area (Å²) in [6, 6.07) is 0. The van der Waals surface area contributed by atoms with Gasteiger partial charge in [-0.2, -0.15) is 0 Å². The van der Waals surface area contributed by atoms with Crippen LogP contribution in [-0.2, 0) is 0 Å². The monoisotopic (exact) mass is 156 g/mol. The van der Waals surface area contributed by atoms with Gasteiger partial charge in [0, 0.05) is 0 Å². The van der Waals surface area contributed by atoms with Crippen LogP contribution in [0.2, 0.25) is 0 Å². The summed E-state index contributed by atoms with van der Waals surface area (Å²) in [5, 5.41) is 0. The first-order chi connectivity index (χ1) is 5.20. The molecule has 0 spiro atoms. The van der Waals surface area contributed by atoms with Gasteiger partial charge in [0.05, 0.1) is 0 Å². The molecular weight excluding hydrogens is 132 g/mol. The van der Waals surface area contributed by atoms with Crippen molar-refractivity contribution in [3.8, 4) is 0 Å². The second-order valence-electron chi connectivity index (χ2n) is 4.01. The lowest BCUT2D eigenvalue weighted by molar-refractivity contribution is 0.307. The van der Waals surface area contributed by atoms with E-state index in [0.717, 1.165) is 11.8 Å². The maximum absolute atomic E-state index is 2.28. The Morgan fingerprint density at radius 1 is 1.18 bits per heavy atom. The van der Waals surface area contributed by atoms with E-state index in [1.54, 1.807) is 0 Å². The Morgan fingerprint density at radius 2 is 1.64 bits per heavy atom. The molecule has 0 unspecified atom stereocenters. The first-order valence-corrected chi connectivity index (χ1v) is 5.20. The predicted molar refractivity (Wildman–Crippen MR) is 52.8 cm³/mol. The van der Waals surface area contributed by atoms with Crippen LogP contribution in [0.4, 0.5) is 0 Å². The molecule has 68 valence electrons. The van der Waals surface area contributed by atoms with Crippen molar-refractivity contribution in [1.82, 2.24) is 0 Å². The summed E-state index contributed by atoms with van der Waals surface area (Å²) in [6.07, 6.45) is 7.24. The van der Waals surface area contributed by atoms with Crippen LogP contribution in [0.15, 0.2) is 0 Å². The summed E-state index contributed by atoms with van der Waals surface area (Å²) >= 11 is 0. The minimum atomic E-state index is 0.884. The Kier molecular flexibility index (Phi) is 6.69. The molecule has 0 aromatic carbocycles. The zero-order valence-electron chi connectivity index (χ0n) is 8.69. The van der Waals surface area contributed by atoms with Crippen molar-refractivity contribution in [2.75, 3.05) is 0 Å². The lowest BCUT2D eigenvalue weighted by Crippen LogP contribution is -2.08. The first kappa shape index (κ1) is 11.0. The second kappa shape index (κ2) is 6.69. The van der Waals surface area contributed by atoms with Crippen LogP contribution in [0.3, 0.4) is 0 Å². The minimum Gasteiger partial charge on any atom is -0.0651 e. The zero-order chi connectivity index (χ0) is 8.69. The maximum atomic E-state index is 2.28. The second-order valence-corrected chi connectivity index (χ2v) is 4.01. The van der Waals surface area contributed by atoms with Gasteiger partial charge in [-0.1, -0.05) is 59.8 Å². The molecule has 0 nitrogen and oxygen atoms in total. The van der Waals surface area contributed by atoms with E-state index in [1.807, 2.05) is 0 Å². The van der Waals surface area contributed by atoms with Gasteiger partial charge >= 0.3 is 0 Å². The summed E-state index contributed by atoms with van der Waals surface area (Å²) in [6.45, 7) is 8.93. The third-order valence-electron chi connectivity index (χ3n) is 2.62. The molecule has 1 aliphatic carbocycles. The smallest absolute Gasteiger partial charge is 0.0417 e. The van der Waals surface area contributed by atoms with E-state index in [9.17, 15) is 0 Å². The van der Waals surface area contributed by atoms with Gasteiger partial charge in [0.1, 0.15) is 0 Å². The standard InChI is InChI=1S/C6H12.C5H12/c1-2-6-4-3-5-6;1-4-5(2)3/h6H,2-5H2,1H3;5H,4H2,1-3H3. The third-order valence-corrected chi connectivity index (χ3v) is 2.62. The molecular formula is C11H24. The van der Waals surface area contributed by atoms with Gasteiger partial charge in [-0.05, 0) is 11.8 Å². The quantitative estimate of drug-likeness (QED) is 0.560. The molecule has 1 fully saturated rings. The molecule has 0 bridgehead atoms. The van der Waals surface area contributed by atoms with Crippen molar-refractivity contribution >= 4 is 0 Å². The topological polar surface area (TPSA) is 0 Å². The van der Waals surface area contributed by atoms with Gasteiger partial charge in [-0.25, -0.2) is 0 Å². The van der Waals surface area contributed by atoms with Crippen LogP contribution in [0.1, 0.15) is 59.8 Å². The molecule has 0 heterocycles. The van der Waals surface area contributed by atoms with E-state index in [-0.39, 0.29) is 0 Å². The molecule has 0 heteroatoms. The van der Waals surface area contributed by atoms with E-state index < -0.39 is 0 Å². The third kappa shape index (κ3) is 6.40. The number of rotatable bonds is 2. The largest absolute Gasteiger partial charge is 0.0651 e. The minimum absolute atomic E-state index is 0.884. The first-order valence-electron chi connectivity index (χ1n) is 5.20. The van der Waals surface area contributed by atoms with Crippen molar-refractivity contribution in [2.24, 2.45) is 11.8 Å². The summed E-state index contributed by atoms with van der Waals surface area (Å²) in [5.41, 5.74) is 0. The zero-order valence-corrected chi connectivity index (χ0v) is 8.69. The lowest BCUT2D eigenvalue weighted by atomic mass is 9.84. The van der Waals surface area contributed by atoms with Crippen LogP contribution in [0.5, 0.6) is 0 Å². The molecule has 0 saturated heterocycles. The normalized spacial score (nSPS) is 17.2. The van der Waals surface area contributed by atoms with E-state index in [4.69, 9.17) is 0 Å². The molecule has 0 amide bonds. The highest BCUT2D eigenvalue weighted by atomic mass is 14.2. The van der Waals surface area contributed by atoms with Gasteiger partial charge in [0.2, 0.25) is 0 Å². The van der Waals surface area contributed by atoms with E-state index >= 15 is 0 Å². The summed E-state index contributed by atoms with van der Waals surface area (Å²) in [7, 11) is 0. The van der Waals surface area contributed by atoms with Gasteiger partial charge in [0.15, 0.2) is 0 Å². The molecule has 0 aromatic heterocycles. The average Bonchev–Trinajstić information content (AvgIpc) is 1.87. The fourth-order valence-corrected chi connectivity index (χ4v) is 0.901. The van der Waals surface area contributed by atoms with Crippen LogP contribution in [0.25, 0.3) is 0 Å². The molecule has 0 atom stereocenters. The van der Waals surface area contributed by atoms with Gasteiger partial charge in [-0.15, -0.1) is 0 Å². The molecule has 1 saturated carbocycles. The predicted octanol–water partition coefficient (Wildman–Crippen LogP) is 4.25. The average molecular weight is 156 g/mol. The van der Waals surface area contributed by atoms with Crippen molar-refractivity contribution in [1.29, 1.82) is 0 Å². The van der Waals surface area contributed by atoms with E-state index in [1.165, 1.54) is 32.1 Å². The maximum Gasteiger partial charge on any atom is -0.0417 e. The summed E-state index contributed by atoms with van der Waals surface area (Å²) < 4.78 is 0. The SMILES string of the molecule is CCC(C)C.CCC1CCC1. The van der Waals surface area contributed by atoms with Gasteiger partial charge in [-0.3, -0.25) is 0 Å². The molecule has 1 aliphatic rings. The Hall–Kier alpha value is 0. The Morgan fingerprint density at radius 3 is 1.64 bits per heavy atom. The fraction of sp³-hybridized carbons (Fsp3) is 1.00. The van der Waals surface area contributed by atoms with Crippen molar-refractivity contribution in [2.45, 2.75) is 59.8 Å². The van der Waals surface area contributed by atoms with Crippen molar-refractivity contribution < 1.29 is 0 Å². The number of hydrogen-bond acceptors (Lipinski definition) is 0. The van der Waals surface area contributed by atoms with Crippen LogP contribution >= 0.6 is 0 Å². The fourth-order valence-electron chi connectivity index (χ4n) is 0.901. The van der Waals surface area contributed by atoms with Crippen molar-refractivity contribution in [3.63, 3.8) is 0 Å². The van der Waals surface area contributed by atoms with Gasteiger partial charge in [0.25, 0.3) is 0 Å². The van der Waals surface area contributed by atoms with Crippen LogP contribution in [-0.4, -0.2) is 0 Å². The molecule has 0 radical (unpaired) electrons. The van der Waals surface area contributed by atoms with E-state index in [0.29, 0.717) is 0 Å².